The number of nitrogens with one attached hydrogen (secondary N) is 4. The molecule has 12 rings (SSSR count). The van der Waals surface area contributed by atoms with E-state index in [1.54, 1.807) is 0 Å². The number of carbonyl (C=O) groups is 3. The molecule has 2 aromatic carbocycles. The topological polar surface area (TPSA) is 178 Å². The molecule has 6 aliphatic carbocycles. The Bertz CT molecular complexity index is 2510. The number of fused-ring (bicyclic) bond motifs is 2. The van der Waals surface area contributed by atoms with Gasteiger partial charge in [0.2, 0.25) is 18.2 Å². The van der Waals surface area contributed by atoms with Crippen LogP contribution in [0.1, 0.15) is 146 Å². The first-order valence-electron chi connectivity index (χ1n) is 25.5. The number of aromatic amines is 2. The summed E-state index contributed by atoms with van der Waals surface area (Å²) in [5, 5.41) is 16.2. The second-order valence-corrected chi connectivity index (χ2v) is 21.5. The standard InChI is InChI=1S/C54H74N8O6/c1-30(2)46(59-52(65)67-7)50(63)61-23-11-14-43(61)48-55-29-45(58-48)54(6)28-37-19-18-34-17-15-33(16-21-38(54)24-32(37)5)25-39(34)35-20-22-40-41(26-35)57-49(56-40)44-27-36-12-9-10-13-42(36)62(44)51(64)47(31(3)4)60-53(66)68-8/h15,17,20,22,24-26,29-32,36-37,42-44,46-47,53,60,66H,9-14,16,18-19,21,23,27-28H2,1-8H3,(H,55,58)(H,56,57)(H,59,65)/t32-,36-,37?,42-,43-,44-,46-,47-,53?,54+/m0/s1. The number of aliphatic hydroxyl groups is 1. The molecule has 5 N–H and O–H groups in total. The number of likely N-dealkylation sites (tertiary alicyclic amines) is 2. The minimum absolute atomic E-state index is 0.00366. The number of amides is 3. The molecule has 0 spiro atoms. The van der Waals surface area contributed by atoms with Crippen molar-refractivity contribution in [3.05, 3.63) is 82.7 Å². The van der Waals surface area contributed by atoms with Gasteiger partial charge in [0.25, 0.3) is 0 Å². The first kappa shape index (κ1) is 48.0. The van der Waals surface area contributed by atoms with Crippen LogP contribution in [0.15, 0.2) is 54.2 Å². The number of aromatic nitrogens is 4. The van der Waals surface area contributed by atoms with Crippen LogP contribution in [0, 0.1) is 29.6 Å². The monoisotopic (exact) mass is 931 g/mol. The van der Waals surface area contributed by atoms with Crippen molar-refractivity contribution in [1.29, 1.82) is 0 Å². The summed E-state index contributed by atoms with van der Waals surface area (Å²) in [7, 11) is 2.75. The van der Waals surface area contributed by atoms with E-state index in [2.05, 4.69) is 81.8 Å². The summed E-state index contributed by atoms with van der Waals surface area (Å²) >= 11 is 0. The minimum Gasteiger partial charge on any atom is -0.453 e. The van der Waals surface area contributed by atoms with Crippen LogP contribution in [-0.2, 0) is 37.3 Å². The van der Waals surface area contributed by atoms with Crippen LogP contribution in [-0.4, -0.2) is 98.1 Å². The summed E-state index contributed by atoms with van der Waals surface area (Å²) in [6.45, 7) is 13.3. The third kappa shape index (κ3) is 9.24. The van der Waals surface area contributed by atoms with Gasteiger partial charge in [0.1, 0.15) is 17.7 Å². The van der Waals surface area contributed by atoms with Crippen molar-refractivity contribution in [1.82, 2.24) is 40.4 Å². The SMILES string of the molecule is COC(=O)N[C@H](C(=O)N1CCC[C@H]1c1ncc([C@]2(C)CC3CCc4ccc(cc4-c4ccc5nc([C@@H]6C[C@@H]7CCCC[C@@H]7N6C(=O)[C@@H](NC(O)OC)C(C)C)[nH]c5c4)CCC2=C[C@@H]3C)[nH]1)C(C)C. The lowest BCUT2D eigenvalue weighted by molar-refractivity contribution is -0.147. The maximum absolute atomic E-state index is 14.5. The zero-order valence-corrected chi connectivity index (χ0v) is 41.4. The second-order valence-electron chi connectivity index (χ2n) is 21.5. The average molecular weight is 931 g/mol. The zero-order valence-electron chi connectivity index (χ0n) is 41.4. The van der Waals surface area contributed by atoms with Gasteiger partial charge in [-0.05, 0) is 128 Å². The number of nitrogens with zero attached hydrogens (tertiary/aromatic N) is 4. The summed E-state index contributed by atoms with van der Waals surface area (Å²) in [5.74, 6) is 2.69. The van der Waals surface area contributed by atoms with Crippen LogP contribution in [0.2, 0.25) is 0 Å². The van der Waals surface area contributed by atoms with Crippen LogP contribution in [0.3, 0.4) is 0 Å². The molecule has 4 heterocycles. The number of methoxy groups -OCH3 is 2. The number of imidazole rings is 2. The smallest absolute Gasteiger partial charge is 0.407 e. The van der Waals surface area contributed by atoms with E-state index in [1.165, 1.54) is 48.5 Å². The molecule has 2 aliphatic heterocycles. The molecule has 8 aliphatic rings. The highest BCUT2D eigenvalue weighted by molar-refractivity contribution is 5.87. The molecule has 2 aromatic heterocycles. The predicted molar refractivity (Wildman–Crippen MR) is 262 cm³/mol. The number of rotatable bonds is 12. The Kier molecular flexibility index (Phi) is 13.9. The summed E-state index contributed by atoms with van der Waals surface area (Å²) in [5.41, 5.74) is 9.24. The Morgan fingerprint density at radius 3 is 2.43 bits per heavy atom. The summed E-state index contributed by atoms with van der Waals surface area (Å²) in [6, 6.07) is 12.2. The molecule has 10 atom stereocenters. The summed E-state index contributed by atoms with van der Waals surface area (Å²) in [4.78, 5) is 62.3. The number of hydrogen-bond acceptors (Lipinski definition) is 9. The zero-order chi connectivity index (χ0) is 48.0. The van der Waals surface area contributed by atoms with Crippen molar-refractivity contribution < 1.29 is 29.0 Å². The lowest BCUT2D eigenvalue weighted by Crippen LogP contribution is -2.55. The van der Waals surface area contributed by atoms with Gasteiger partial charge in [-0.2, -0.15) is 0 Å². The van der Waals surface area contributed by atoms with Crippen molar-refractivity contribution in [2.45, 2.75) is 161 Å². The third-order valence-electron chi connectivity index (χ3n) is 16.6. The average Bonchev–Trinajstić information content (AvgIpc) is 4.16. The number of hydrogen-bond donors (Lipinski definition) is 5. The predicted octanol–water partition coefficient (Wildman–Crippen LogP) is 8.78. The normalized spacial score (nSPS) is 27.5. The number of alkyl carbamates (subject to hydrolysis) is 1. The van der Waals surface area contributed by atoms with Crippen molar-refractivity contribution in [3.63, 3.8) is 0 Å². The quantitative estimate of drug-likeness (QED) is 0.0687. The minimum atomic E-state index is -1.23. The number of ether oxygens (including phenoxy) is 2. The van der Waals surface area contributed by atoms with Gasteiger partial charge in [0, 0.05) is 37.0 Å². The van der Waals surface area contributed by atoms with Gasteiger partial charge in [-0.15, -0.1) is 0 Å². The van der Waals surface area contributed by atoms with Gasteiger partial charge in [-0.25, -0.2) is 14.8 Å². The van der Waals surface area contributed by atoms with E-state index in [4.69, 9.17) is 19.4 Å². The van der Waals surface area contributed by atoms with Crippen LogP contribution >= 0.6 is 0 Å². The molecule has 4 aromatic rings. The Labute approximate surface area is 401 Å². The lowest BCUT2D eigenvalue weighted by atomic mass is 9.62. The maximum atomic E-state index is 14.5. The molecule has 3 fully saturated rings. The highest BCUT2D eigenvalue weighted by Crippen LogP contribution is 2.49. The van der Waals surface area contributed by atoms with Crippen LogP contribution in [0.5, 0.6) is 0 Å². The highest BCUT2D eigenvalue weighted by Gasteiger charge is 2.49. The Morgan fingerprint density at radius 1 is 0.868 bits per heavy atom. The number of carbonyl (C=O) groups excluding carboxylic acids is 3. The molecule has 68 heavy (non-hydrogen) atoms. The van der Waals surface area contributed by atoms with E-state index >= 15 is 0 Å². The van der Waals surface area contributed by atoms with Crippen LogP contribution in [0.4, 0.5) is 4.79 Å². The molecule has 0 radical (unpaired) electrons. The van der Waals surface area contributed by atoms with Gasteiger partial charge in [0.15, 0.2) is 0 Å². The van der Waals surface area contributed by atoms with E-state index in [-0.39, 0.29) is 47.2 Å². The van der Waals surface area contributed by atoms with Crippen LogP contribution in [0.25, 0.3) is 22.2 Å². The largest absolute Gasteiger partial charge is 0.453 e. The fourth-order valence-electron chi connectivity index (χ4n) is 12.7. The molecule has 14 nitrogen and oxygen atoms in total. The first-order valence-corrected chi connectivity index (χ1v) is 25.5. The fraction of sp³-hybridized carbons (Fsp3) is 0.611. The van der Waals surface area contributed by atoms with E-state index < -0.39 is 24.6 Å². The van der Waals surface area contributed by atoms with E-state index in [0.717, 1.165) is 99.0 Å². The third-order valence-corrected chi connectivity index (χ3v) is 16.6. The number of aliphatic hydroxyl groups excluding tert-OH is 1. The number of allylic oxidation sites excluding steroid dienone is 2. The molecule has 1 saturated carbocycles. The molecule has 366 valence electrons. The second kappa shape index (κ2) is 19.7. The summed E-state index contributed by atoms with van der Waals surface area (Å²) < 4.78 is 9.98. The molecular formula is C54H74N8O6. The molecular weight excluding hydrogens is 857 g/mol. The van der Waals surface area contributed by atoms with Crippen molar-refractivity contribution >= 4 is 28.9 Å². The van der Waals surface area contributed by atoms with E-state index in [9.17, 15) is 19.5 Å². The molecule has 14 heteroatoms. The van der Waals surface area contributed by atoms with Crippen molar-refractivity contribution in [3.8, 4) is 11.1 Å². The van der Waals surface area contributed by atoms with Gasteiger partial charge in [0.05, 0.1) is 36.3 Å². The molecule has 3 amide bonds. The van der Waals surface area contributed by atoms with Gasteiger partial charge >= 0.3 is 6.09 Å². The van der Waals surface area contributed by atoms with Gasteiger partial charge in [-0.3, -0.25) is 14.9 Å². The van der Waals surface area contributed by atoms with Crippen LogP contribution < -0.4 is 10.6 Å². The van der Waals surface area contributed by atoms with E-state index in [1.807, 2.05) is 38.8 Å². The number of H-pyrrole nitrogens is 2. The highest BCUT2D eigenvalue weighted by atomic mass is 16.6. The molecule has 2 unspecified atom stereocenters. The fourth-order valence-corrected chi connectivity index (χ4v) is 12.7. The number of aryl methyl sites for hydroxylation is 2. The first-order chi connectivity index (χ1) is 32.7. The van der Waals surface area contributed by atoms with Crippen molar-refractivity contribution in [2.75, 3.05) is 20.8 Å². The molecule has 4 bridgehead atoms. The Hall–Kier alpha value is -5.05. The molecule has 2 saturated heterocycles. The Morgan fingerprint density at radius 2 is 1.66 bits per heavy atom. The van der Waals surface area contributed by atoms with Gasteiger partial charge in [-0.1, -0.05) is 90.3 Å². The van der Waals surface area contributed by atoms with Crippen molar-refractivity contribution in [2.24, 2.45) is 29.6 Å². The Balaban J connectivity index is 0.962. The van der Waals surface area contributed by atoms with E-state index in [0.29, 0.717) is 24.3 Å². The maximum Gasteiger partial charge on any atom is 0.407 e. The summed E-state index contributed by atoms with van der Waals surface area (Å²) in [6.07, 6.45) is 14.5. The lowest BCUT2D eigenvalue weighted by Gasteiger charge is -2.42. The number of benzene rings is 2. The van der Waals surface area contributed by atoms with Gasteiger partial charge < -0.3 is 39.7 Å².